The summed E-state index contributed by atoms with van der Waals surface area (Å²) in [7, 11) is -3.63. The number of hydrogen-bond acceptors (Lipinski definition) is 4. The summed E-state index contributed by atoms with van der Waals surface area (Å²) in [6.45, 7) is 4.26. The number of anilines is 1. The molecule has 0 bridgehead atoms. The highest BCUT2D eigenvalue weighted by molar-refractivity contribution is 7.92. The van der Waals surface area contributed by atoms with E-state index in [0.717, 1.165) is 43.1 Å². The van der Waals surface area contributed by atoms with Crippen LogP contribution in [0.3, 0.4) is 0 Å². The SMILES string of the molecule is CC[C@H](C(=O)NC1CCCCC1)N(Cc1ccc(C)cc1)C(=O)CCCN(c1ccc(F)cc1)S(C)(=O)=O. The van der Waals surface area contributed by atoms with Crippen LogP contribution in [0.15, 0.2) is 48.5 Å². The Morgan fingerprint density at radius 1 is 1.03 bits per heavy atom. The van der Waals surface area contributed by atoms with Crippen LogP contribution in [0.2, 0.25) is 0 Å². The summed E-state index contributed by atoms with van der Waals surface area (Å²) >= 11 is 0. The minimum Gasteiger partial charge on any atom is -0.352 e. The van der Waals surface area contributed by atoms with Crippen molar-refractivity contribution in [3.05, 3.63) is 65.5 Å². The molecule has 0 heterocycles. The molecule has 1 N–H and O–H groups in total. The Morgan fingerprint density at radius 3 is 2.24 bits per heavy atom. The molecule has 1 fully saturated rings. The van der Waals surface area contributed by atoms with Crippen LogP contribution in [-0.2, 0) is 26.2 Å². The van der Waals surface area contributed by atoms with Crippen molar-refractivity contribution in [3.63, 3.8) is 0 Å². The maximum atomic E-state index is 13.6. The number of nitrogens with one attached hydrogen (secondary N) is 1. The zero-order valence-electron chi connectivity index (χ0n) is 22.7. The summed E-state index contributed by atoms with van der Waals surface area (Å²) in [5, 5.41) is 3.17. The third-order valence-electron chi connectivity index (χ3n) is 7.08. The van der Waals surface area contributed by atoms with Crippen molar-refractivity contribution >= 4 is 27.5 Å². The van der Waals surface area contributed by atoms with Crippen LogP contribution in [0, 0.1) is 12.7 Å². The molecule has 1 aliphatic carbocycles. The molecule has 7 nitrogen and oxygen atoms in total. The lowest BCUT2D eigenvalue weighted by atomic mass is 9.95. The lowest BCUT2D eigenvalue weighted by molar-refractivity contribution is -0.141. The van der Waals surface area contributed by atoms with Gasteiger partial charge in [-0.1, -0.05) is 56.0 Å². The Morgan fingerprint density at radius 2 is 1.66 bits per heavy atom. The maximum absolute atomic E-state index is 13.6. The average molecular weight is 546 g/mol. The standard InChI is InChI=1S/C29H40FN3O4S/c1-4-27(29(35)31-25-9-6-5-7-10-25)32(21-23-14-12-22(2)13-15-23)28(34)11-8-20-33(38(3,36)37)26-18-16-24(30)17-19-26/h12-19,25,27H,4-11,20-21H2,1-3H3,(H,31,35)/t27-/m1/s1. The lowest BCUT2D eigenvalue weighted by Crippen LogP contribution is -2.51. The number of rotatable bonds is 12. The number of hydrogen-bond donors (Lipinski definition) is 1. The summed E-state index contributed by atoms with van der Waals surface area (Å²) in [6.07, 6.45) is 7.19. The van der Waals surface area contributed by atoms with Crippen molar-refractivity contribution in [2.75, 3.05) is 17.1 Å². The number of carbonyl (C=O) groups excluding carboxylic acids is 2. The number of nitrogens with zero attached hydrogens (tertiary/aromatic N) is 2. The second-order valence-corrected chi connectivity index (χ2v) is 12.1. The number of aryl methyl sites for hydroxylation is 1. The van der Waals surface area contributed by atoms with Gasteiger partial charge in [-0.25, -0.2) is 12.8 Å². The van der Waals surface area contributed by atoms with Gasteiger partial charge in [0.25, 0.3) is 0 Å². The first kappa shape index (κ1) is 29.6. The minimum absolute atomic E-state index is 0.0691. The molecule has 2 aromatic carbocycles. The quantitative estimate of drug-likeness (QED) is 0.410. The molecule has 0 radical (unpaired) electrons. The first-order chi connectivity index (χ1) is 18.1. The van der Waals surface area contributed by atoms with Gasteiger partial charge in [-0.2, -0.15) is 0 Å². The molecule has 2 aromatic rings. The van der Waals surface area contributed by atoms with E-state index in [1.54, 1.807) is 4.90 Å². The van der Waals surface area contributed by atoms with Crippen LogP contribution >= 0.6 is 0 Å². The van der Waals surface area contributed by atoms with Gasteiger partial charge in [0.2, 0.25) is 21.8 Å². The van der Waals surface area contributed by atoms with Crippen molar-refractivity contribution in [3.8, 4) is 0 Å². The highest BCUT2D eigenvalue weighted by Gasteiger charge is 2.30. The van der Waals surface area contributed by atoms with Gasteiger partial charge in [-0.05, 0) is 62.4 Å². The molecule has 0 aromatic heterocycles. The van der Waals surface area contributed by atoms with E-state index in [1.807, 2.05) is 38.1 Å². The zero-order chi connectivity index (χ0) is 27.7. The monoisotopic (exact) mass is 545 g/mol. The number of carbonyl (C=O) groups is 2. The third kappa shape index (κ3) is 8.55. The van der Waals surface area contributed by atoms with Crippen LogP contribution < -0.4 is 9.62 Å². The third-order valence-corrected chi connectivity index (χ3v) is 8.27. The summed E-state index contributed by atoms with van der Waals surface area (Å²) < 4.78 is 39.4. The predicted molar refractivity (Wildman–Crippen MR) is 149 cm³/mol. The normalized spacial score (nSPS) is 15.1. The van der Waals surface area contributed by atoms with Gasteiger partial charge in [-0.15, -0.1) is 0 Å². The number of amides is 2. The molecule has 0 spiro atoms. The second-order valence-electron chi connectivity index (χ2n) is 10.2. The molecule has 2 amide bonds. The van der Waals surface area contributed by atoms with Gasteiger partial charge in [0.05, 0.1) is 11.9 Å². The minimum atomic E-state index is -3.63. The molecule has 1 saturated carbocycles. The van der Waals surface area contributed by atoms with Crippen molar-refractivity contribution in [2.45, 2.75) is 83.8 Å². The molecule has 0 aliphatic heterocycles. The Labute approximate surface area is 226 Å². The maximum Gasteiger partial charge on any atom is 0.243 e. The summed E-state index contributed by atoms with van der Waals surface area (Å²) in [6, 6.07) is 12.6. The predicted octanol–water partition coefficient (Wildman–Crippen LogP) is 4.94. The fourth-order valence-corrected chi connectivity index (χ4v) is 5.93. The molecule has 9 heteroatoms. The Balaban J connectivity index is 1.74. The molecule has 1 atom stereocenters. The van der Waals surface area contributed by atoms with Gasteiger partial charge in [0.1, 0.15) is 11.9 Å². The van der Waals surface area contributed by atoms with E-state index in [4.69, 9.17) is 0 Å². The Hall–Kier alpha value is -2.94. The van der Waals surface area contributed by atoms with Crippen LogP contribution in [0.25, 0.3) is 0 Å². The summed E-state index contributed by atoms with van der Waals surface area (Å²) in [5.41, 5.74) is 2.38. The Bertz CT molecular complexity index is 1160. The number of benzene rings is 2. The lowest BCUT2D eigenvalue weighted by Gasteiger charge is -2.33. The largest absolute Gasteiger partial charge is 0.352 e. The Kier molecular flexibility index (Phi) is 10.7. The van der Waals surface area contributed by atoms with E-state index in [2.05, 4.69) is 5.32 Å². The van der Waals surface area contributed by atoms with Gasteiger partial charge in [0.15, 0.2) is 0 Å². The highest BCUT2D eigenvalue weighted by Crippen LogP contribution is 2.21. The zero-order valence-corrected chi connectivity index (χ0v) is 23.5. The molecule has 208 valence electrons. The van der Waals surface area contributed by atoms with Crippen LogP contribution in [0.1, 0.15) is 69.4 Å². The number of halogens is 1. The van der Waals surface area contributed by atoms with E-state index in [0.29, 0.717) is 18.7 Å². The van der Waals surface area contributed by atoms with Gasteiger partial charge < -0.3 is 10.2 Å². The highest BCUT2D eigenvalue weighted by atomic mass is 32.2. The molecule has 0 unspecified atom stereocenters. The van der Waals surface area contributed by atoms with E-state index in [-0.39, 0.29) is 37.2 Å². The van der Waals surface area contributed by atoms with Crippen molar-refractivity contribution in [1.29, 1.82) is 0 Å². The molecule has 1 aliphatic rings. The first-order valence-electron chi connectivity index (χ1n) is 13.5. The average Bonchev–Trinajstić information content (AvgIpc) is 2.88. The molecule has 38 heavy (non-hydrogen) atoms. The van der Waals surface area contributed by atoms with E-state index >= 15 is 0 Å². The van der Waals surface area contributed by atoms with Crippen molar-refractivity contribution in [2.24, 2.45) is 0 Å². The fourth-order valence-electron chi connectivity index (χ4n) is 4.97. The smallest absolute Gasteiger partial charge is 0.243 e. The first-order valence-corrected chi connectivity index (χ1v) is 15.3. The van der Waals surface area contributed by atoms with Gasteiger partial charge >= 0.3 is 0 Å². The molecular weight excluding hydrogens is 505 g/mol. The molecule has 3 rings (SSSR count). The molecular formula is C29H40FN3O4S. The van der Waals surface area contributed by atoms with Crippen LogP contribution in [-0.4, -0.2) is 50.0 Å². The van der Waals surface area contributed by atoms with E-state index in [1.165, 1.54) is 35.0 Å². The summed E-state index contributed by atoms with van der Waals surface area (Å²) in [4.78, 5) is 28.5. The summed E-state index contributed by atoms with van der Waals surface area (Å²) in [5.74, 6) is -0.797. The van der Waals surface area contributed by atoms with Crippen molar-refractivity contribution < 1.29 is 22.4 Å². The fraction of sp³-hybridized carbons (Fsp3) is 0.517. The second kappa shape index (κ2) is 13.7. The van der Waals surface area contributed by atoms with E-state index < -0.39 is 21.9 Å². The van der Waals surface area contributed by atoms with Crippen LogP contribution in [0.4, 0.5) is 10.1 Å². The van der Waals surface area contributed by atoms with Crippen LogP contribution in [0.5, 0.6) is 0 Å². The topological polar surface area (TPSA) is 86.8 Å². The van der Waals surface area contributed by atoms with Gasteiger partial charge in [0, 0.05) is 25.6 Å². The molecule has 0 saturated heterocycles. The van der Waals surface area contributed by atoms with Crippen molar-refractivity contribution in [1.82, 2.24) is 10.2 Å². The number of sulfonamides is 1. The van der Waals surface area contributed by atoms with Gasteiger partial charge in [-0.3, -0.25) is 13.9 Å². The van der Waals surface area contributed by atoms with E-state index in [9.17, 15) is 22.4 Å².